The van der Waals surface area contributed by atoms with E-state index in [2.05, 4.69) is 18.8 Å². The highest BCUT2D eigenvalue weighted by molar-refractivity contribution is 5.66. The van der Waals surface area contributed by atoms with Gasteiger partial charge in [-0.1, -0.05) is 26.3 Å². The number of carbonyl (C=O) groups is 1. The lowest BCUT2D eigenvalue weighted by Gasteiger charge is -2.33. The average Bonchev–Trinajstić information content (AvgIpc) is 2.84. The van der Waals surface area contributed by atoms with E-state index in [0.717, 1.165) is 31.4 Å². The first-order chi connectivity index (χ1) is 11.5. The number of likely N-dealkylation sites (tertiary alicyclic amines) is 1. The Morgan fingerprint density at radius 3 is 2.56 bits per heavy atom. The minimum Gasteiger partial charge on any atom is -0.465 e. The maximum atomic E-state index is 11.5. The molecule has 5 heteroatoms. The van der Waals surface area contributed by atoms with Crippen LogP contribution in [0.2, 0.25) is 0 Å². The van der Waals surface area contributed by atoms with Gasteiger partial charge in [0.15, 0.2) is 0 Å². The zero-order chi connectivity index (χ0) is 18.9. The van der Waals surface area contributed by atoms with Gasteiger partial charge in [0.2, 0.25) is 0 Å². The van der Waals surface area contributed by atoms with E-state index in [-0.39, 0.29) is 11.0 Å². The largest absolute Gasteiger partial charge is 0.465 e. The van der Waals surface area contributed by atoms with Gasteiger partial charge < -0.3 is 15.7 Å². The number of pyridine rings is 1. The van der Waals surface area contributed by atoms with Crippen LogP contribution in [-0.2, 0) is 5.54 Å². The molecule has 0 spiro atoms. The molecule has 0 aromatic carbocycles. The van der Waals surface area contributed by atoms with Crippen molar-refractivity contribution in [1.29, 1.82) is 0 Å². The van der Waals surface area contributed by atoms with Crippen LogP contribution in [-0.4, -0.2) is 33.2 Å². The second-order valence-electron chi connectivity index (χ2n) is 9.08. The predicted molar refractivity (Wildman–Crippen MR) is 100 cm³/mol. The van der Waals surface area contributed by atoms with Crippen LogP contribution in [0.4, 0.5) is 4.79 Å². The number of hydrogen-bond donors (Lipinski definition) is 2. The van der Waals surface area contributed by atoms with Crippen molar-refractivity contribution in [2.24, 2.45) is 17.1 Å². The predicted octanol–water partition coefficient (Wildman–Crippen LogP) is 4.23. The molecule has 1 aliphatic rings. The summed E-state index contributed by atoms with van der Waals surface area (Å²) in [5.41, 5.74) is 6.77. The lowest BCUT2D eigenvalue weighted by molar-refractivity contribution is 0.115. The number of carboxylic acid groups (broad SMARTS) is 1. The van der Waals surface area contributed by atoms with Gasteiger partial charge in [0, 0.05) is 18.3 Å². The topological polar surface area (TPSA) is 79.5 Å². The van der Waals surface area contributed by atoms with Crippen LogP contribution >= 0.6 is 0 Å². The van der Waals surface area contributed by atoms with Gasteiger partial charge in [-0.15, -0.1) is 0 Å². The van der Waals surface area contributed by atoms with Crippen molar-refractivity contribution in [1.82, 2.24) is 9.88 Å². The van der Waals surface area contributed by atoms with E-state index in [0.29, 0.717) is 12.5 Å². The Morgan fingerprint density at radius 1 is 1.36 bits per heavy atom. The molecule has 1 aromatic rings. The first-order valence-electron chi connectivity index (χ1n) is 9.17. The quantitative estimate of drug-likeness (QED) is 0.807. The molecular formula is C20H33N3O2. The Kier molecular flexibility index (Phi) is 5.47. The second kappa shape index (κ2) is 6.94. The summed E-state index contributed by atoms with van der Waals surface area (Å²) >= 11 is 0. The summed E-state index contributed by atoms with van der Waals surface area (Å²) in [6.07, 6.45) is 4.78. The van der Waals surface area contributed by atoms with E-state index in [1.807, 2.05) is 39.0 Å². The Labute approximate surface area is 151 Å². The smallest absolute Gasteiger partial charge is 0.407 e. The summed E-state index contributed by atoms with van der Waals surface area (Å²) in [5, 5.41) is 9.44. The van der Waals surface area contributed by atoms with Crippen LogP contribution in [0.1, 0.15) is 66.0 Å². The average molecular weight is 348 g/mol. The second-order valence-corrected chi connectivity index (χ2v) is 9.08. The lowest BCUT2D eigenvalue weighted by Crippen LogP contribution is -2.41. The van der Waals surface area contributed by atoms with Gasteiger partial charge in [-0.25, -0.2) is 4.79 Å². The van der Waals surface area contributed by atoms with E-state index in [4.69, 9.17) is 5.73 Å². The molecule has 1 saturated heterocycles. The normalized spacial score (nSPS) is 22.6. The van der Waals surface area contributed by atoms with Gasteiger partial charge in [-0.2, -0.15) is 0 Å². The first kappa shape index (κ1) is 19.7. The highest BCUT2D eigenvalue weighted by Crippen LogP contribution is 2.45. The molecule has 1 aliphatic heterocycles. The van der Waals surface area contributed by atoms with Gasteiger partial charge in [0.05, 0.1) is 11.2 Å². The van der Waals surface area contributed by atoms with Crippen molar-refractivity contribution < 1.29 is 9.90 Å². The molecule has 2 atom stereocenters. The zero-order valence-electron chi connectivity index (χ0n) is 16.2. The maximum absolute atomic E-state index is 11.5. The molecule has 0 saturated carbocycles. The molecule has 0 aliphatic carbocycles. The van der Waals surface area contributed by atoms with E-state index < -0.39 is 11.6 Å². The number of rotatable bonds is 6. The number of hydrogen-bond acceptors (Lipinski definition) is 3. The fraction of sp³-hybridized carbons (Fsp3) is 0.700. The molecule has 25 heavy (non-hydrogen) atoms. The van der Waals surface area contributed by atoms with E-state index in [1.165, 1.54) is 0 Å². The number of amides is 1. The molecule has 1 fully saturated rings. The van der Waals surface area contributed by atoms with E-state index >= 15 is 0 Å². The lowest BCUT2D eigenvalue weighted by atomic mass is 9.72. The van der Waals surface area contributed by atoms with Crippen molar-refractivity contribution in [3.8, 4) is 0 Å². The Balaban J connectivity index is 1.95. The summed E-state index contributed by atoms with van der Waals surface area (Å²) < 4.78 is 0. The fourth-order valence-electron chi connectivity index (χ4n) is 4.05. The highest BCUT2D eigenvalue weighted by atomic mass is 16.4. The SMILES string of the molecule is CC(N)(CCCC(C)(C)[C@H]1CN(C(=O)O)C(C)(C)C1)c1ccccn1. The molecule has 1 amide bonds. The fourth-order valence-corrected chi connectivity index (χ4v) is 4.05. The van der Waals surface area contributed by atoms with Gasteiger partial charge in [-0.3, -0.25) is 4.98 Å². The third-order valence-electron chi connectivity index (χ3n) is 5.98. The van der Waals surface area contributed by atoms with Crippen molar-refractivity contribution in [2.75, 3.05) is 6.54 Å². The van der Waals surface area contributed by atoms with Crippen LogP contribution in [0.15, 0.2) is 24.4 Å². The molecular weight excluding hydrogens is 314 g/mol. The maximum Gasteiger partial charge on any atom is 0.407 e. The third-order valence-corrected chi connectivity index (χ3v) is 5.98. The monoisotopic (exact) mass is 347 g/mol. The molecule has 0 radical (unpaired) electrons. The molecule has 2 heterocycles. The molecule has 1 unspecified atom stereocenters. The standard InChI is InChI=1S/C20H33N3O2/c1-18(2,15-13-19(3,4)23(14-15)17(24)25)10-8-11-20(5,21)16-9-6-7-12-22-16/h6-7,9,12,15H,8,10-11,13-14,21H2,1-5H3,(H,24,25)/t15-,20?/m1/s1. The van der Waals surface area contributed by atoms with E-state index in [9.17, 15) is 9.90 Å². The minimum atomic E-state index is -0.812. The Morgan fingerprint density at radius 2 is 2.04 bits per heavy atom. The first-order valence-corrected chi connectivity index (χ1v) is 9.17. The molecule has 5 nitrogen and oxygen atoms in total. The van der Waals surface area contributed by atoms with E-state index in [1.54, 1.807) is 11.1 Å². The summed E-state index contributed by atoms with van der Waals surface area (Å²) in [6, 6.07) is 5.85. The Bertz CT molecular complexity index is 596. The Hall–Kier alpha value is -1.62. The molecule has 3 N–H and O–H groups in total. The van der Waals surface area contributed by atoms with Gasteiger partial charge in [0.25, 0.3) is 0 Å². The van der Waals surface area contributed by atoms with Crippen LogP contribution in [0.5, 0.6) is 0 Å². The molecule has 0 bridgehead atoms. The van der Waals surface area contributed by atoms with Crippen LogP contribution in [0.25, 0.3) is 0 Å². The van der Waals surface area contributed by atoms with Crippen LogP contribution in [0.3, 0.4) is 0 Å². The van der Waals surface area contributed by atoms with Crippen LogP contribution < -0.4 is 5.73 Å². The molecule has 2 rings (SSSR count). The summed E-state index contributed by atoms with van der Waals surface area (Å²) in [4.78, 5) is 17.5. The number of aromatic nitrogens is 1. The van der Waals surface area contributed by atoms with Crippen molar-refractivity contribution in [2.45, 2.75) is 71.4 Å². The van der Waals surface area contributed by atoms with Gasteiger partial charge in [0.1, 0.15) is 0 Å². The van der Waals surface area contributed by atoms with Gasteiger partial charge >= 0.3 is 6.09 Å². The van der Waals surface area contributed by atoms with Gasteiger partial charge in [-0.05, 0) is 63.5 Å². The molecule has 140 valence electrons. The number of nitrogens with zero attached hydrogens (tertiary/aromatic N) is 2. The molecule has 1 aromatic heterocycles. The van der Waals surface area contributed by atoms with Crippen molar-refractivity contribution >= 4 is 6.09 Å². The summed E-state index contributed by atoms with van der Waals surface area (Å²) in [6.45, 7) is 11.2. The summed E-state index contributed by atoms with van der Waals surface area (Å²) in [7, 11) is 0. The van der Waals surface area contributed by atoms with Crippen molar-refractivity contribution in [3.05, 3.63) is 30.1 Å². The summed E-state index contributed by atoms with van der Waals surface area (Å²) in [5.74, 6) is 0.373. The minimum absolute atomic E-state index is 0.0850. The van der Waals surface area contributed by atoms with Crippen molar-refractivity contribution in [3.63, 3.8) is 0 Å². The zero-order valence-corrected chi connectivity index (χ0v) is 16.2. The number of nitrogens with two attached hydrogens (primary N) is 1. The van der Waals surface area contributed by atoms with Crippen LogP contribution in [0, 0.1) is 11.3 Å². The highest BCUT2D eigenvalue weighted by Gasteiger charge is 2.46. The third kappa shape index (κ3) is 4.51.